The molecule has 29 heavy (non-hydrogen) atoms. The van der Waals surface area contributed by atoms with Crippen LogP contribution in [-0.2, 0) is 11.3 Å². The number of piperazine rings is 1. The van der Waals surface area contributed by atoms with Crippen molar-refractivity contribution in [2.45, 2.75) is 25.5 Å². The number of amides is 1. The molecule has 1 aromatic heterocycles. The van der Waals surface area contributed by atoms with Gasteiger partial charge in [-0.3, -0.25) is 4.79 Å². The molecule has 2 aliphatic rings. The Morgan fingerprint density at radius 3 is 2.90 bits per heavy atom. The van der Waals surface area contributed by atoms with Crippen LogP contribution in [0.5, 0.6) is 5.75 Å². The largest absolute Gasteiger partial charge is 0.497 e. The number of hydrogen-bond donors (Lipinski definition) is 1. The summed E-state index contributed by atoms with van der Waals surface area (Å²) in [5, 5.41) is 9.92. The first kappa shape index (κ1) is 19.4. The minimum atomic E-state index is -0.316. The summed E-state index contributed by atoms with van der Waals surface area (Å²) < 4.78 is 5.27. The molecule has 1 atom stereocenters. The molecule has 1 unspecified atom stereocenters. The van der Waals surface area contributed by atoms with Crippen molar-refractivity contribution in [3.8, 4) is 5.75 Å². The molecule has 0 spiro atoms. The number of benzene rings is 1. The van der Waals surface area contributed by atoms with E-state index in [0.717, 1.165) is 36.5 Å². The fourth-order valence-electron chi connectivity index (χ4n) is 3.87. The summed E-state index contributed by atoms with van der Waals surface area (Å²) in [6.07, 6.45) is 3.19. The van der Waals surface area contributed by atoms with Gasteiger partial charge < -0.3 is 24.5 Å². The van der Waals surface area contributed by atoms with Crippen molar-refractivity contribution in [3.05, 3.63) is 42.1 Å². The SMILES string of the molecule is COc1cccc(CN2CCN(c3nccc(N4CCCC(O)C4)n3)CC2=O)c1. The lowest BCUT2D eigenvalue weighted by atomic mass is 10.1. The number of anilines is 2. The fraction of sp³-hybridized carbons (Fsp3) is 0.476. The van der Waals surface area contributed by atoms with Gasteiger partial charge in [0, 0.05) is 38.9 Å². The topological polar surface area (TPSA) is 82.0 Å². The Morgan fingerprint density at radius 2 is 2.10 bits per heavy atom. The number of piperidine rings is 1. The van der Waals surface area contributed by atoms with Gasteiger partial charge in [-0.15, -0.1) is 0 Å². The first-order valence-electron chi connectivity index (χ1n) is 10.0. The second kappa shape index (κ2) is 8.65. The van der Waals surface area contributed by atoms with Crippen molar-refractivity contribution in [2.24, 2.45) is 0 Å². The number of aliphatic hydroxyl groups excluding tert-OH is 1. The summed E-state index contributed by atoms with van der Waals surface area (Å²) in [6.45, 7) is 3.59. The average molecular weight is 397 g/mol. The van der Waals surface area contributed by atoms with Gasteiger partial charge in [0.1, 0.15) is 18.1 Å². The van der Waals surface area contributed by atoms with Gasteiger partial charge in [-0.05, 0) is 36.6 Å². The van der Waals surface area contributed by atoms with Crippen LogP contribution in [0.25, 0.3) is 0 Å². The predicted molar refractivity (Wildman–Crippen MR) is 110 cm³/mol. The van der Waals surface area contributed by atoms with E-state index in [2.05, 4.69) is 14.9 Å². The van der Waals surface area contributed by atoms with Crippen LogP contribution in [0.1, 0.15) is 18.4 Å². The molecule has 1 aromatic carbocycles. The number of hydrogen-bond acceptors (Lipinski definition) is 7. The van der Waals surface area contributed by atoms with Gasteiger partial charge in [0.05, 0.1) is 13.2 Å². The first-order valence-corrected chi connectivity index (χ1v) is 10.0. The highest BCUT2D eigenvalue weighted by Crippen LogP contribution is 2.21. The number of ether oxygens (including phenoxy) is 1. The Bertz CT molecular complexity index is 862. The van der Waals surface area contributed by atoms with Gasteiger partial charge in [-0.2, -0.15) is 4.98 Å². The van der Waals surface area contributed by atoms with Gasteiger partial charge in [0.2, 0.25) is 11.9 Å². The van der Waals surface area contributed by atoms with Crippen molar-refractivity contribution >= 4 is 17.7 Å². The molecular formula is C21H27N5O3. The van der Waals surface area contributed by atoms with Crippen LogP contribution >= 0.6 is 0 Å². The number of carbonyl (C=O) groups is 1. The summed E-state index contributed by atoms with van der Waals surface area (Å²) in [5.41, 5.74) is 1.05. The number of carbonyl (C=O) groups excluding carboxylic acids is 1. The number of β-amino-alcohol motifs (C(OH)–C–C–N with tert-alkyl or cyclic N) is 1. The molecule has 1 N–H and O–H groups in total. The quantitative estimate of drug-likeness (QED) is 0.814. The molecule has 2 saturated heterocycles. The maximum absolute atomic E-state index is 12.7. The molecule has 2 fully saturated rings. The third kappa shape index (κ3) is 4.59. The predicted octanol–water partition coefficient (Wildman–Crippen LogP) is 1.30. The highest BCUT2D eigenvalue weighted by Gasteiger charge is 2.26. The Kier molecular flexibility index (Phi) is 5.80. The lowest BCUT2D eigenvalue weighted by molar-refractivity contribution is -0.131. The maximum Gasteiger partial charge on any atom is 0.242 e. The molecule has 2 aromatic rings. The third-order valence-corrected chi connectivity index (χ3v) is 5.46. The summed E-state index contributed by atoms with van der Waals surface area (Å²) in [7, 11) is 1.64. The summed E-state index contributed by atoms with van der Waals surface area (Å²) in [6, 6.07) is 9.66. The average Bonchev–Trinajstić information content (AvgIpc) is 2.75. The van der Waals surface area contributed by atoms with Crippen molar-refractivity contribution in [3.63, 3.8) is 0 Å². The van der Waals surface area contributed by atoms with Crippen LogP contribution < -0.4 is 14.5 Å². The molecule has 0 bridgehead atoms. The van der Waals surface area contributed by atoms with Gasteiger partial charge in [-0.25, -0.2) is 4.98 Å². The lowest BCUT2D eigenvalue weighted by Crippen LogP contribution is -2.50. The molecular weight excluding hydrogens is 370 g/mol. The number of methoxy groups -OCH3 is 1. The molecule has 154 valence electrons. The van der Waals surface area contributed by atoms with E-state index in [1.54, 1.807) is 13.3 Å². The molecule has 0 aliphatic carbocycles. The Morgan fingerprint density at radius 1 is 1.21 bits per heavy atom. The van der Waals surface area contributed by atoms with E-state index >= 15 is 0 Å². The zero-order chi connectivity index (χ0) is 20.2. The number of rotatable bonds is 5. The standard InChI is InChI=1S/C21H27N5O3/c1-29-18-6-2-4-16(12-18)13-25-10-11-26(15-20(25)28)21-22-8-7-19(23-21)24-9-3-5-17(27)14-24/h2,4,6-8,12,17,27H,3,5,9-11,13-15H2,1H3. The van der Waals surface area contributed by atoms with Crippen LogP contribution in [0.4, 0.5) is 11.8 Å². The second-order valence-corrected chi connectivity index (χ2v) is 7.55. The monoisotopic (exact) mass is 397 g/mol. The van der Waals surface area contributed by atoms with Crippen LogP contribution in [0.2, 0.25) is 0 Å². The van der Waals surface area contributed by atoms with E-state index in [0.29, 0.717) is 32.1 Å². The molecule has 1 amide bonds. The van der Waals surface area contributed by atoms with Crippen molar-refractivity contribution in [2.75, 3.05) is 49.6 Å². The van der Waals surface area contributed by atoms with Crippen molar-refractivity contribution < 1.29 is 14.6 Å². The summed E-state index contributed by atoms with van der Waals surface area (Å²) >= 11 is 0. The van der Waals surface area contributed by atoms with E-state index in [1.165, 1.54) is 0 Å². The Labute approximate surface area is 170 Å². The summed E-state index contributed by atoms with van der Waals surface area (Å²) in [5.74, 6) is 2.22. The molecule has 3 heterocycles. The van der Waals surface area contributed by atoms with Crippen LogP contribution in [0.3, 0.4) is 0 Å². The third-order valence-electron chi connectivity index (χ3n) is 5.46. The second-order valence-electron chi connectivity index (χ2n) is 7.55. The molecule has 0 saturated carbocycles. The normalized spacial score (nSPS) is 20.1. The van der Waals surface area contributed by atoms with Gasteiger partial charge in [-0.1, -0.05) is 12.1 Å². The summed E-state index contributed by atoms with van der Waals surface area (Å²) in [4.78, 5) is 27.6. The molecule has 0 radical (unpaired) electrons. The minimum absolute atomic E-state index is 0.0569. The van der Waals surface area contributed by atoms with Gasteiger partial charge >= 0.3 is 0 Å². The van der Waals surface area contributed by atoms with Crippen LogP contribution in [0, 0.1) is 0 Å². The van der Waals surface area contributed by atoms with Crippen molar-refractivity contribution in [1.82, 2.24) is 14.9 Å². The van der Waals surface area contributed by atoms with E-state index in [1.807, 2.05) is 40.1 Å². The lowest BCUT2D eigenvalue weighted by Gasteiger charge is -2.35. The highest BCUT2D eigenvalue weighted by atomic mass is 16.5. The Balaban J connectivity index is 1.40. The maximum atomic E-state index is 12.7. The van der Waals surface area contributed by atoms with Crippen molar-refractivity contribution in [1.29, 1.82) is 0 Å². The highest BCUT2D eigenvalue weighted by molar-refractivity contribution is 5.82. The first-order chi connectivity index (χ1) is 14.1. The number of nitrogens with zero attached hydrogens (tertiary/aromatic N) is 5. The van der Waals surface area contributed by atoms with E-state index < -0.39 is 0 Å². The molecule has 8 heteroatoms. The number of aromatic nitrogens is 2. The number of aliphatic hydroxyl groups is 1. The van der Waals surface area contributed by atoms with Crippen LogP contribution in [-0.4, -0.2) is 71.8 Å². The van der Waals surface area contributed by atoms with Crippen LogP contribution in [0.15, 0.2) is 36.5 Å². The van der Waals surface area contributed by atoms with E-state index in [-0.39, 0.29) is 18.6 Å². The smallest absolute Gasteiger partial charge is 0.242 e. The van der Waals surface area contributed by atoms with Gasteiger partial charge in [0.15, 0.2) is 0 Å². The molecule has 4 rings (SSSR count). The minimum Gasteiger partial charge on any atom is -0.497 e. The fourth-order valence-corrected chi connectivity index (χ4v) is 3.87. The molecule has 2 aliphatic heterocycles. The van der Waals surface area contributed by atoms with E-state index in [4.69, 9.17) is 4.74 Å². The zero-order valence-corrected chi connectivity index (χ0v) is 16.7. The molecule has 8 nitrogen and oxygen atoms in total. The van der Waals surface area contributed by atoms with Gasteiger partial charge in [0.25, 0.3) is 0 Å². The Hall–Kier alpha value is -2.87. The van der Waals surface area contributed by atoms with E-state index in [9.17, 15) is 9.90 Å². The zero-order valence-electron chi connectivity index (χ0n) is 16.7.